The van der Waals surface area contributed by atoms with Gasteiger partial charge in [0.2, 0.25) is 0 Å². The number of fused-ring (bicyclic) bond motifs is 3. The van der Waals surface area contributed by atoms with Gasteiger partial charge in [0, 0.05) is 18.7 Å². The molecule has 3 rings (SSSR count). The predicted molar refractivity (Wildman–Crippen MR) is 82.0 cm³/mol. The fraction of sp³-hybridized carbons (Fsp3) is 0.500. The standard InChI is InChI=1S/C16H20N4O2/c1-9(2)19-15(22)11-8-18-20-12-5-16(3,4)6-13(21)10(12)7-17-14(11)20/h7-9H,5-6H2,1-4H3,(H,19,22). The third-order valence-electron chi connectivity index (χ3n) is 3.88. The summed E-state index contributed by atoms with van der Waals surface area (Å²) < 4.78 is 1.64. The molecule has 0 aromatic carbocycles. The lowest BCUT2D eigenvalue weighted by atomic mass is 9.76. The Morgan fingerprint density at radius 3 is 2.73 bits per heavy atom. The van der Waals surface area contributed by atoms with Gasteiger partial charge in [-0.3, -0.25) is 9.59 Å². The predicted octanol–water partition coefficient (Wildman–Crippen LogP) is 2.02. The van der Waals surface area contributed by atoms with E-state index in [1.54, 1.807) is 10.7 Å². The molecule has 1 N–H and O–H groups in total. The van der Waals surface area contributed by atoms with Crippen LogP contribution in [0.5, 0.6) is 0 Å². The molecule has 2 heterocycles. The first-order valence-electron chi connectivity index (χ1n) is 7.48. The molecule has 0 saturated heterocycles. The highest BCUT2D eigenvalue weighted by atomic mass is 16.1. The SMILES string of the molecule is CC(C)NC(=O)c1cnn2c3c(cnc12)C(=O)CC(C)(C)C3. The summed E-state index contributed by atoms with van der Waals surface area (Å²) in [7, 11) is 0. The number of hydrogen-bond acceptors (Lipinski definition) is 4. The van der Waals surface area contributed by atoms with Crippen molar-refractivity contribution in [2.24, 2.45) is 5.41 Å². The molecule has 6 heteroatoms. The zero-order valence-corrected chi connectivity index (χ0v) is 13.3. The number of nitrogens with zero attached hydrogens (tertiary/aromatic N) is 3. The molecule has 0 fully saturated rings. The van der Waals surface area contributed by atoms with Gasteiger partial charge >= 0.3 is 0 Å². The molecule has 0 saturated carbocycles. The number of hydrogen-bond donors (Lipinski definition) is 1. The molecule has 0 radical (unpaired) electrons. The number of ketones is 1. The van der Waals surface area contributed by atoms with Crippen LogP contribution < -0.4 is 5.32 Å². The normalized spacial score (nSPS) is 16.9. The zero-order chi connectivity index (χ0) is 16.1. The number of carbonyl (C=O) groups excluding carboxylic acids is 2. The Hall–Kier alpha value is -2.24. The fourth-order valence-electron chi connectivity index (χ4n) is 2.93. The second-order valence-corrected chi connectivity index (χ2v) is 6.98. The Kier molecular flexibility index (Phi) is 3.27. The van der Waals surface area contributed by atoms with E-state index in [9.17, 15) is 9.59 Å². The molecule has 2 aromatic rings. The summed E-state index contributed by atoms with van der Waals surface area (Å²) in [6, 6.07) is 0.0422. The molecule has 116 valence electrons. The molecule has 0 unspecified atom stereocenters. The summed E-state index contributed by atoms with van der Waals surface area (Å²) in [6.45, 7) is 7.94. The van der Waals surface area contributed by atoms with E-state index in [-0.39, 0.29) is 23.1 Å². The van der Waals surface area contributed by atoms with Crippen molar-refractivity contribution in [2.45, 2.75) is 46.6 Å². The van der Waals surface area contributed by atoms with Crippen LogP contribution in [-0.4, -0.2) is 32.3 Å². The van der Waals surface area contributed by atoms with Crippen molar-refractivity contribution in [3.63, 3.8) is 0 Å². The Balaban J connectivity index is 2.13. The fourth-order valence-corrected chi connectivity index (χ4v) is 2.93. The average molecular weight is 300 g/mol. The summed E-state index contributed by atoms with van der Waals surface area (Å²) in [4.78, 5) is 28.8. The quantitative estimate of drug-likeness (QED) is 0.920. The molecule has 1 aliphatic carbocycles. The summed E-state index contributed by atoms with van der Waals surface area (Å²) in [6.07, 6.45) is 4.34. The minimum atomic E-state index is -0.196. The minimum Gasteiger partial charge on any atom is -0.350 e. The van der Waals surface area contributed by atoms with E-state index < -0.39 is 0 Å². The monoisotopic (exact) mass is 300 g/mol. The van der Waals surface area contributed by atoms with Gasteiger partial charge in [-0.2, -0.15) is 5.10 Å². The topological polar surface area (TPSA) is 76.4 Å². The van der Waals surface area contributed by atoms with Crippen LogP contribution in [0.2, 0.25) is 0 Å². The van der Waals surface area contributed by atoms with Crippen LogP contribution in [0.3, 0.4) is 0 Å². The Morgan fingerprint density at radius 2 is 2.05 bits per heavy atom. The van der Waals surface area contributed by atoms with E-state index >= 15 is 0 Å². The van der Waals surface area contributed by atoms with Crippen molar-refractivity contribution in [3.05, 3.63) is 29.2 Å². The van der Waals surface area contributed by atoms with Gasteiger partial charge in [-0.05, 0) is 25.7 Å². The van der Waals surface area contributed by atoms with Crippen LogP contribution in [0.1, 0.15) is 60.5 Å². The Bertz CT molecular complexity index is 774. The van der Waals surface area contributed by atoms with E-state index in [4.69, 9.17) is 0 Å². The maximum absolute atomic E-state index is 12.3. The Labute approximate surface area is 128 Å². The van der Waals surface area contributed by atoms with Crippen LogP contribution in [-0.2, 0) is 6.42 Å². The number of Topliss-reactive ketones (excluding diaryl/α,β-unsaturated/α-hetero) is 1. The number of nitrogens with one attached hydrogen (secondary N) is 1. The van der Waals surface area contributed by atoms with E-state index in [1.807, 2.05) is 13.8 Å². The molecule has 0 spiro atoms. The van der Waals surface area contributed by atoms with Crippen LogP contribution in [0, 0.1) is 5.41 Å². The van der Waals surface area contributed by atoms with Crippen molar-refractivity contribution in [3.8, 4) is 0 Å². The molecule has 0 aliphatic heterocycles. The zero-order valence-electron chi connectivity index (χ0n) is 13.3. The first-order valence-corrected chi connectivity index (χ1v) is 7.48. The first-order chi connectivity index (χ1) is 10.3. The summed E-state index contributed by atoms with van der Waals surface area (Å²) in [5.74, 6) is -0.108. The maximum atomic E-state index is 12.3. The molecular weight excluding hydrogens is 280 g/mol. The van der Waals surface area contributed by atoms with Crippen LogP contribution in [0.4, 0.5) is 0 Å². The van der Waals surface area contributed by atoms with Crippen LogP contribution >= 0.6 is 0 Å². The lowest BCUT2D eigenvalue weighted by Gasteiger charge is -2.29. The lowest BCUT2D eigenvalue weighted by molar-refractivity contribution is 0.0907. The van der Waals surface area contributed by atoms with Crippen molar-refractivity contribution in [2.75, 3.05) is 0 Å². The smallest absolute Gasteiger partial charge is 0.256 e. The van der Waals surface area contributed by atoms with Crippen molar-refractivity contribution in [1.82, 2.24) is 19.9 Å². The highest BCUT2D eigenvalue weighted by Crippen LogP contribution is 2.34. The van der Waals surface area contributed by atoms with Gasteiger partial charge in [0.1, 0.15) is 5.56 Å². The minimum absolute atomic E-state index is 0.0422. The van der Waals surface area contributed by atoms with Gasteiger partial charge in [-0.25, -0.2) is 9.50 Å². The third kappa shape index (κ3) is 2.38. The van der Waals surface area contributed by atoms with E-state index in [1.165, 1.54) is 6.20 Å². The Morgan fingerprint density at radius 1 is 1.32 bits per heavy atom. The van der Waals surface area contributed by atoms with Gasteiger partial charge in [0.05, 0.1) is 17.5 Å². The highest BCUT2D eigenvalue weighted by molar-refractivity contribution is 6.01. The van der Waals surface area contributed by atoms with Gasteiger partial charge in [0.15, 0.2) is 11.4 Å². The van der Waals surface area contributed by atoms with Crippen LogP contribution in [0.15, 0.2) is 12.4 Å². The second-order valence-electron chi connectivity index (χ2n) is 6.98. The number of amides is 1. The second kappa shape index (κ2) is 4.90. The van der Waals surface area contributed by atoms with Gasteiger partial charge in [-0.1, -0.05) is 13.8 Å². The number of carbonyl (C=O) groups is 2. The molecule has 1 aliphatic rings. The van der Waals surface area contributed by atoms with E-state index in [0.717, 1.165) is 12.1 Å². The largest absolute Gasteiger partial charge is 0.350 e. The molecule has 22 heavy (non-hydrogen) atoms. The third-order valence-corrected chi connectivity index (χ3v) is 3.88. The summed E-state index contributed by atoms with van der Waals surface area (Å²) in [5.41, 5.74) is 2.29. The van der Waals surface area contributed by atoms with Crippen molar-refractivity contribution >= 4 is 17.3 Å². The molecule has 6 nitrogen and oxygen atoms in total. The summed E-state index contributed by atoms with van der Waals surface area (Å²) >= 11 is 0. The van der Waals surface area contributed by atoms with Crippen molar-refractivity contribution in [1.29, 1.82) is 0 Å². The van der Waals surface area contributed by atoms with Crippen LogP contribution in [0.25, 0.3) is 5.65 Å². The van der Waals surface area contributed by atoms with Gasteiger partial charge in [0.25, 0.3) is 5.91 Å². The number of aromatic nitrogens is 3. The molecule has 1 amide bonds. The maximum Gasteiger partial charge on any atom is 0.256 e. The first kappa shape index (κ1) is 14.7. The van der Waals surface area contributed by atoms with E-state index in [2.05, 4.69) is 29.2 Å². The number of rotatable bonds is 2. The van der Waals surface area contributed by atoms with E-state index in [0.29, 0.717) is 23.2 Å². The lowest BCUT2D eigenvalue weighted by Crippen LogP contribution is -2.31. The molecule has 0 atom stereocenters. The molecular formula is C16H20N4O2. The molecule has 2 aromatic heterocycles. The van der Waals surface area contributed by atoms with Gasteiger partial charge < -0.3 is 5.32 Å². The van der Waals surface area contributed by atoms with Gasteiger partial charge in [-0.15, -0.1) is 0 Å². The highest BCUT2D eigenvalue weighted by Gasteiger charge is 2.33. The molecule has 0 bridgehead atoms. The average Bonchev–Trinajstić information content (AvgIpc) is 2.80. The van der Waals surface area contributed by atoms with Crippen molar-refractivity contribution < 1.29 is 9.59 Å². The summed E-state index contributed by atoms with van der Waals surface area (Å²) in [5, 5.41) is 7.14.